The summed E-state index contributed by atoms with van der Waals surface area (Å²) < 4.78 is 5.33. The predicted octanol–water partition coefficient (Wildman–Crippen LogP) is 3.55. The maximum atomic E-state index is 5.91. The van der Waals surface area contributed by atoms with Crippen LogP contribution in [0.4, 0.5) is 0 Å². The lowest BCUT2D eigenvalue weighted by Gasteiger charge is -2.32. The van der Waals surface area contributed by atoms with Gasteiger partial charge in [-0.3, -0.25) is 4.99 Å². The van der Waals surface area contributed by atoms with Crippen LogP contribution in [0, 0.1) is 0 Å². The van der Waals surface area contributed by atoms with Crippen molar-refractivity contribution in [2.45, 2.75) is 38.8 Å². The van der Waals surface area contributed by atoms with Crippen LogP contribution < -0.4 is 10.6 Å². The zero-order chi connectivity index (χ0) is 19.1. The lowest BCUT2D eigenvalue weighted by Crippen LogP contribution is -2.48. The van der Waals surface area contributed by atoms with Crippen LogP contribution in [0.2, 0.25) is 5.02 Å². The van der Waals surface area contributed by atoms with Crippen molar-refractivity contribution >= 4 is 41.5 Å². The first kappa shape index (κ1) is 22.9. The second-order valence-corrected chi connectivity index (χ2v) is 7.14. The van der Waals surface area contributed by atoms with Gasteiger partial charge in [0.05, 0.1) is 6.54 Å². The number of nitrogens with one attached hydrogen (secondary N) is 2. The molecule has 0 radical (unpaired) electrons. The minimum Gasteiger partial charge on any atom is -0.354 e. The molecule has 1 saturated heterocycles. The minimum absolute atomic E-state index is 0. The Balaban J connectivity index is 0.00000280. The number of rotatable bonds is 6. The standard InChI is InChI=1S/C19H27ClN6O.HI/c1-3-10-26-11-8-16(9-12-26)23-19(21-2)22-13-17-24-18(25-27-17)14-4-6-15(20)7-5-14;/h4-7,16H,3,8-13H2,1-2H3,(H2,21,22,23);1H. The van der Waals surface area contributed by atoms with Gasteiger partial charge < -0.3 is 20.1 Å². The molecule has 3 rings (SSSR count). The maximum absolute atomic E-state index is 5.91. The van der Waals surface area contributed by atoms with E-state index >= 15 is 0 Å². The highest BCUT2D eigenvalue weighted by Gasteiger charge is 2.19. The molecule has 0 saturated carbocycles. The molecule has 0 bridgehead atoms. The quantitative estimate of drug-likeness (QED) is 0.346. The number of hydrogen-bond donors (Lipinski definition) is 2. The van der Waals surface area contributed by atoms with Crippen molar-refractivity contribution in [1.82, 2.24) is 25.7 Å². The lowest BCUT2D eigenvalue weighted by atomic mass is 10.1. The van der Waals surface area contributed by atoms with E-state index in [1.165, 1.54) is 13.0 Å². The van der Waals surface area contributed by atoms with Gasteiger partial charge in [-0.15, -0.1) is 24.0 Å². The molecule has 28 heavy (non-hydrogen) atoms. The molecule has 1 aromatic heterocycles. The topological polar surface area (TPSA) is 78.6 Å². The van der Waals surface area contributed by atoms with E-state index in [0.29, 0.717) is 29.3 Å². The van der Waals surface area contributed by atoms with Crippen molar-refractivity contribution < 1.29 is 4.52 Å². The first-order chi connectivity index (χ1) is 13.2. The summed E-state index contributed by atoms with van der Waals surface area (Å²) in [6.07, 6.45) is 3.47. The number of nitrogens with zero attached hydrogens (tertiary/aromatic N) is 4. The number of hydrogen-bond acceptors (Lipinski definition) is 5. The molecule has 0 spiro atoms. The summed E-state index contributed by atoms with van der Waals surface area (Å²) in [5.41, 5.74) is 0.871. The molecule has 2 N–H and O–H groups in total. The Kier molecular flexibility index (Phi) is 9.46. The molecule has 1 fully saturated rings. The van der Waals surface area contributed by atoms with Gasteiger partial charge in [0.2, 0.25) is 11.7 Å². The molecule has 9 heteroatoms. The SMILES string of the molecule is CCCN1CCC(NC(=NC)NCc2nc(-c3ccc(Cl)cc3)no2)CC1.I. The molecule has 0 atom stereocenters. The molecule has 0 unspecified atom stereocenters. The molecule has 0 aliphatic carbocycles. The fraction of sp³-hybridized carbons (Fsp3) is 0.526. The molecule has 154 valence electrons. The minimum atomic E-state index is 0. The van der Waals surface area contributed by atoms with E-state index in [0.717, 1.165) is 37.5 Å². The van der Waals surface area contributed by atoms with Gasteiger partial charge in [0.25, 0.3) is 0 Å². The Bertz CT molecular complexity index is 743. The van der Waals surface area contributed by atoms with Crippen molar-refractivity contribution in [3.63, 3.8) is 0 Å². The smallest absolute Gasteiger partial charge is 0.246 e. The fourth-order valence-corrected chi connectivity index (χ4v) is 3.33. The van der Waals surface area contributed by atoms with Crippen LogP contribution in [0.3, 0.4) is 0 Å². The van der Waals surface area contributed by atoms with Crippen LogP contribution in [0.15, 0.2) is 33.8 Å². The van der Waals surface area contributed by atoms with E-state index in [2.05, 4.69) is 37.6 Å². The first-order valence-electron chi connectivity index (χ1n) is 9.46. The molecule has 1 aliphatic rings. The van der Waals surface area contributed by atoms with E-state index in [1.54, 1.807) is 7.05 Å². The highest BCUT2D eigenvalue weighted by atomic mass is 127. The van der Waals surface area contributed by atoms with E-state index in [9.17, 15) is 0 Å². The number of likely N-dealkylation sites (tertiary alicyclic amines) is 1. The third-order valence-corrected chi connectivity index (χ3v) is 4.92. The van der Waals surface area contributed by atoms with Crippen LogP contribution in [0.25, 0.3) is 11.4 Å². The van der Waals surface area contributed by atoms with Gasteiger partial charge in [-0.2, -0.15) is 4.98 Å². The Morgan fingerprint density at radius 1 is 1.29 bits per heavy atom. The number of halogens is 2. The van der Waals surface area contributed by atoms with Gasteiger partial charge in [-0.25, -0.2) is 0 Å². The van der Waals surface area contributed by atoms with Gasteiger partial charge in [-0.05, 0) is 50.1 Å². The molecule has 2 aromatic rings. The monoisotopic (exact) mass is 518 g/mol. The molecule has 1 aliphatic heterocycles. The number of aromatic nitrogens is 2. The zero-order valence-electron chi connectivity index (χ0n) is 16.3. The second kappa shape index (κ2) is 11.6. The number of guanidine groups is 1. The average Bonchev–Trinajstić information content (AvgIpc) is 3.16. The van der Waals surface area contributed by atoms with Gasteiger partial charge in [0.1, 0.15) is 0 Å². The molecule has 0 amide bonds. The number of piperidine rings is 1. The summed E-state index contributed by atoms with van der Waals surface area (Å²) in [5, 5.41) is 11.4. The van der Waals surface area contributed by atoms with Crippen molar-refractivity contribution in [3.8, 4) is 11.4 Å². The average molecular weight is 519 g/mol. The van der Waals surface area contributed by atoms with Crippen LogP contribution in [0.5, 0.6) is 0 Å². The Labute approximate surface area is 188 Å². The third-order valence-electron chi connectivity index (χ3n) is 4.67. The van der Waals surface area contributed by atoms with E-state index in [1.807, 2.05) is 24.3 Å². The summed E-state index contributed by atoms with van der Waals surface area (Å²) in [6, 6.07) is 7.80. The maximum Gasteiger partial charge on any atom is 0.246 e. The molecular weight excluding hydrogens is 491 g/mol. The van der Waals surface area contributed by atoms with Crippen LogP contribution in [-0.4, -0.2) is 53.7 Å². The van der Waals surface area contributed by atoms with E-state index in [-0.39, 0.29) is 24.0 Å². The third kappa shape index (κ3) is 6.59. The van der Waals surface area contributed by atoms with Crippen molar-refractivity contribution in [1.29, 1.82) is 0 Å². The van der Waals surface area contributed by atoms with Gasteiger partial charge in [0, 0.05) is 36.8 Å². The summed E-state index contributed by atoms with van der Waals surface area (Å²) in [5.74, 6) is 1.82. The van der Waals surface area contributed by atoms with Crippen molar-refractivity contribution in [3.05, 3.63) is 35.2 Å². The molecular formula is C19H28ClIN6O. The van der Waals surface area contributed by atoms with Gasteiger partial charge in [-0.1, -0.05) is 23.7 Å². The number of aliphatic imine (C=N–C) groups is 1. The highest BCUT2D eigenvalue weighted by Crippen LogP contribution is 2.18. The number of benzene rings is 1. The summed E-state index contributed by atoms with van der Waals surface area (Å²) in [4.78, 5) is 11.2. The van der Waals surface area contributed by atoms with Crippen LogP contribution >= 0.6 is 35.6 Å². The largest absolute Gasteiger partial charge is 0.354 e. The Morgan fingerprint density at radius 2 is 2.00 bits per heavy atom. The summed E-state index contributed by atoms with van der Waals surface area (Å²) in [6.45, 7) is 6.11. The molecule has 7 nitrogen and oxygen atoms in total. The first-order valence-corrected chi connectivity index (χ1v) is 9.83. The molecule has 1 aromatic carbocycles. The fourth-order valence-electron chi connectivity index (χ4n) is 3.21. The van der Waals surface area contributed by atoms with Crippen LogP contribution in [-0.2, 0) is 6.54 Å². The van der Waals surface area contributed by atoms with E-state index < -0.39 is 0 Å². The molecule has 2 heterocycles. The van der Waals surface area contributed by atoms with Crippen molar-refractivity contribution in [2.75, 3.05) is 26.7 Å². The van der Waals surface area contributed by atoms with Crippen LogP contribution in [0.1, 0.15) is 32.1 Å². The van der Waals surface area contributed by atoms with Gasteiger partial charge in [0.15, 0.2) is 5.96 Å². The van der Waals surface area contributed by atoms with E-state index in [4.69, 9.17) is 16.1 Å². The normalized spacial score (nSPS) is 15.9. The van der Waals surface area contributed by atoms with Gasteiger partial charge >= 0.3 is 0 Å². The highest BCUT2D eigenvalue weighted by molar-refractivity contribution is 14.0. The summed E-state index contributed by atoms with van der Waals surface area (Å²) >= 11 is 5.91. The second-order valence-electron chi connectivity index (χ2n) is 6.70. The summed E-state index contributed by atoms with van der Waals surface area (Å²) in [7, 11) is 1.77. The predicted molar refractivity (Wildman–Crippen MR) is 123 cm³/mol. The Morgan fingerprint density at radius 3 is 2.64 bits per heavy atom. The van der Waals surface area contributed by atoms with Crippen molar-refractivity contribution in [2.24, 2.45) is 4.99 Å². The zero-order valence-corrected chi connectivity index (χ0v) is 19.4. The Hall–Kier alpha value is -1.39. The lowest BCUT2D eigenvalue weighted by molar-refractivity contribution is 0.206.